The van der Waals surface area contributed by atoms with E-state index in [9.17, 15) is 14.9 Å². The predicted molar refractivity (Wildman–Crippen MR) is 87.5 cm³/mol. The molecule has 0 aliphatic heterocycles. The minimum absolute atomic E-state index is 0. The molecule has 0 saturated carbocycles. The highest BCUT2D eigenvalue weighted by Gasteiger charge is 2.18. The maximum absolute atomic E-state index is 12.2. The summed E-state index contributed by atoms with van der Waals surface area (Å²) in [4.78, 5) is 22.6. The van der Waals surface area contributed by atoms with E-state index < -0.39 is 4.92 Å². The van der Waals surface area contributed by atoms with Crippen molar-refractivity contribution in [3.63, 3.8) is 0 Å². The molecule has 2 N–H and O–H groups in total. The zero-order valence-corrected chi connectivity index (χ0v) is 14.0. The van der Waals surface area contributed by atoms with Crippen LogP contribution in [-0.2, 0) is 6.54 Å². The fraction of sp³-hybridized carbons (Fsp3) is 0.200. The molecular formula is C15H18BrN2O4+. The Hall–Kier alpha value is -2.12. The minimum Gasteiger partial charge on any atom is -0.412 e. The lowest BCUT2D eigenvalue weighted by Crippen LogP contribution is -2.40. The Morgan fingerprint density at radius 3 is 2.50 bits per heavy atom. The smallest absolute Gasteiger partial charge is 0.273 e. The molecule has 0 aliphatic rings. The molecule has 1 heterocycles. The Labute approximate surface area is 138 Å². The number of aromatic nitrogens is 1. The maximum Gasteiger partial charge on any atom is 0.273 e. The second-order valence-corrected chi connectivity index (χ2v) is 4.65. The van der Waals surface area contributed by atoms with Crippen LogP contribution in [0, 0.1) is 24.0 Å². The van der Waals surface area contributed by atoms with E-state index in [1.165, 1.54) is 6.07 Å². The molecule has 0 unspecified atom stereocenters. The van der Waals surface area contributed by atoms with Crippen LogP contribution in [0.5, 0.6) is 0 Å². The van der Waals surface area contributed by atoms with Crippen LogP contribution in [0.15, 0.2) is 42.6 Å². The van der Waals surface area contributed by atoms with Gasteiger partial charge in [-0.1, -0.05) is 18.2 Å². The monoisotopic (exact) mass is 369 g/mol. The number of pyridine rings is 1. The molecule has 22 heavy (non-hydrogen) atoms. The third kappa shape index (κ3) is 4.44. The van der Waals surface area contributed by atoms with Crippen molar-refractivity contribution < 1.29 is 19.8 Å². The molecular weight excluding hydrogens is 352 g/mol. The van der Waals surface area contributed by atoms with Gasteiger partial charge in [0, 0.05) is 36.2 Å². The van der Waals surface area contributed by atoms with Crippen LogP contribution in [0.3, 0.4) is 0 Å². The summed E-state index contributed by atoms with van der Waals surface area (Å²) in [6.45, 7) is 3.74. The summed E-state index contributed by atoms with van der Waals surface area (Å²) in [5, 5.41) is 10.9. The first-order chi connectivity index (χ1) is 9.49. The second-order valence-electron chi connectivity index (χ2n) is 4.65. The predicted octanol–water partition coefficient (Wildman–Crippen LogP) is 2.14. The van der Waals surface area contributed by atoms with E-state index in [1.807, 2.05) is 35.9 Å². The third-order valence-electron chi connectivity index (χ3n) is 3.21. The van der Waals surface area contributed by atoms with Crippen LogP contribution in [-0.4, -0.2) is 16.2 Å². The molecule has 6 nitrogen and oxygen atoms in total. The van der Waals surface area contributed by atoms with Gasteiger partial charge in [-0.15, -0.1) is 17.0 Å². The first-order valence-electron chi connectivity index (χ1n) is 6.22. The van der Waals surface area contributed by atoms with Gasteiger partial charge in [0.2, 0.25) is 12.3 Å². The topological polar surface area (TPSA) is 95.6 Å². The molecule has 0 bridgehead atoms. The van der Waals surface area contributed by atoms with Crippen molar-refractivity contribution in [3.8, 4) is 0 Å². The summed E-state index contributed by atoms with van der Waals surface area (Å²) in [6, 6.07) is 10.2. The molecule has 2 rings (SSSR count). The normalized spacial score (nSPS) is 9.36. The van der Waals surface area contributed by atoms with Crippen LogP contribution in [0.1, 0.15) is 21.6 Å². The lowest BCUT2D eigenvalue weighted by Gasteiger charge is -2.02. The van der Waals surface area contributed by atoms with Crippen molar-refractivity contribution in [3.05, 3.63) is 69.5 Å². The number of halogens is 1. The van der Waals surface area contributed by atoms with Gasteiger partial charge >= 0.3 is 0 Å². The fourth-order valence-electron chi connectivity index (χ4n) is 1.96. The Kier molecular flexibility index (Phi) is 7.55. The number of nitro benzene ring substituents is 1. The van der Waals surface area contributed by atoms with Crippen LogP contribution < -0.4 is 4.57 Å². The molecule has 0 amide bonds. The van der Waals surface area contributed by atoms with Crippen molar-refractivity contribution in [1.82, 2.24) is 0 Å². The Morgan fingerprint density at radius 2 is 1.91 bits per heavy atom. The Balaban J connectivity index is 0.00000220. The molecule has 1 aromatic heterocycles. The second kappa shape index (κ2) is 8.35. The number of carbonyl (C=O) groups is 1. The Morgan fingerprint density at radius 1 is 1.23 bits per heavy atom. The highest BCUT2D eigenvalue weighted by molar-refractivity contribution is 8.93. The SMILES string of the molecule is Br.Cc1ccc(C(=O)C[n+]2ccccc2C)cc1[N+](=O)[O-].O. The summed E-state index contributed by atoms with van der Waals surface area (Å²) in [7, 11) is 0. The van der Waals surface area contributed by atoms with Crippen molar-refractivity contribution in [1.29, 1.82) is 0 Å². The third-order valence-corrected chi connectivity index (χ3v) is 3.21. The molecule has 1 aromatic carbocycles. The summed E-state index contributed by atoms with van der Waals surface area (Å²) < 4.78 is 1.81. The highest BCUT2D eigenvalue weighted by Crippen LogP contribution is 2.19. The molecule has 118 valence electrons. The van der Waals surface area contributed by atoms with Gasteiger partial charge in [-0.2, -0.15) is 4.57 Å². The number of Topliss-reactive ketones (excluding diaryl/α,β-unsaturated/α-hetero) is 1. The van der Waals surface area contributed by atoms with Crippen molar-refractivity contribution >= 4 is 28.5 Å². The van der Waals surface area contributed by atoms with Crippen LogP contribution in [0.2, 0.25) is 0 Å². The number of benzene rings is 1. The standard InChI is InChI=1S/C15H15N2O3.BrH.H2O/c1-11-6-7-13(9-14(11)17(19)20)15(18)10-16-8-4-3-5-12(16)2;;/h3-9H,10H2,1-2H3;1H;1H2/q+1;;. The molecule has 7 heteroatoms. The van der Waals surface area contributed by atoms with E-state index >= 15 is 0 Å². The number of nitrogens with zero attached hydrogens (tertiary/aromatic N) is 2. The van der Waals surface area contributed by atoms with Gasteiger partial charge in [0.15, 0.2) is 11.9 Å². The van der Waals surface area contributed by atoms with Crippen LogP contribution in [0.25, 0.3) is 0 Å². The van der Waals surface area contributed by atoms with E-state index in [1.54, 1.807) is 19.1 Å². The number of aryl methyl sites for hydroxylation is 2. The summed E-state index contributed by atoms with van der Waals surface area (Å²) in [6.07, 6.45) is 1.82. The van der Waals surface area contributed by atoms with Crippen molar-refractivity contribution in [2.24, 2.45) is 0 Å². The van der Waals surface area contributed by atoms with E-state index in [4.69, 9.17) is 0 Å². The summed E-state index contributed by atoms with van der Waals surface area (Å²) >= 11 is 0. The number of carbonyl (C=O) groups excluding carboxylic acids is 1. The Bertz CT molecular complexity index is 689. The summed E-state index contributed by atoms with van der Waals surface area (Å²) in [5.74, 6) is -0.146. The van der Waals surface area contributed by atoms with Crippen molar-refractivity contribution in [2.45, 2.75) is 20.4 Å². The number of hydrogen-bond acceptors (Lipinski definition) is 3. The summed E-state index contributed by atoms with van der Waals surface area (Å²) in [5.41, 5.74) is 1.85. The van der Waals surface area contributed by atoms with E-state index in [0.29, 0.717) is 11.1 Å². The maximum atomic E-state index is 12.2. The first-order valence-corrected chi connectivity index (χ1v) is 6.22. The largest absolute Gasteiger partial charge is 0.412 e. The van der Waals surface area contributed by atoms with Crippen LogP contribution >= 0.6 is 17.0 Å². The molecule has 0 aliphatic carbocycles. The number of hydrogen-bond donors (Lipinski definition) is 0. The van der Waals surface area contributed by atoms with Crippen molar-refractivity contribution in [2.75, 3.05) is 0 Å². The number of ketones is 1. The van der Waals surface area contributed by atoms with E-state index in [-0.39, 0.29) is 40.5 Å². The lowest BCUT2D eigenvalue weighted by molar-refractivity contribution is -0.689. The van der Waals surface area contributed by atoms with Gasteiger partial charge in [0.25, 0.3) is 5.69 Å². The minimum atomic E-state index is -0.465. The fourth-order valence-corrected chi connectivity index (χ4v) is 1.96. The van der Waals surface area contributed by atoms with E-state index in [2.05, 4.69) is 0 Å². The van der Waals surface area contributed by atoms with Gasteiger partial charge in [-0.25, -0.2) is 0 Å². The first kappa shape index (κ1) is 19.9. The molecule has 0 spiro atoms. The van der Waals surface area contributed by atoms with Gasteiger partial charge in [-0.3, -0.25) is 14.9 Å². The molecule has 2 aromatic rings. The molecule has 0 saturated heterocycles. The van der Waals surface area contributed by atoms with Gasteiger partial charge in [-0.05, 0) is 6.92 Å². The van der Waals surface area contributed by atoms with Crippen LogP contribution in [0.4, 0.5) is 5.69 Å². The highest BCUT2D eigenvalue weighted by atomic mass is 79.9. The van der Waals surface area contributed by atoms with Gasteiger partial charge < -0.3 is 5.48 Å². The van der Waals surface area contributed by atoms with E-state index in [0.717, 1.165) is 5.69 Å². The zero-order chi connectivity index (χ0) is 14.7. The zero-order valence-electron chi connectivity index (χ0n) is 12.3. The number of rotatable bonds is 4. The average Bonchev–Trinajstić information content (AvgIpc) is 2.41. The van der Waals surface area contributed by atoms with Gasteiger partial charge in [0.05, 0.1) is 4.92 Å². The molecule has 0 fully saturated rings. The average molecular weight is 370 g/mol. The van der Waals surface area contributed by atoms with Gasteiger partial charge in [0.1, 0.15) is 0 Å². The molecule has 0 atom stereocenters. The number of nitro groups is 1. The quantitative estimate of drug-likeness (QED) is 0.357. The lowest BCUT2D eigenvalue weighted by atomic mass is 10.1. The molecule has 0 radical (unpaired) electrons.